The summed E-state index contributed by atoms with van der Waals surface area (Å²) in [5, 5.41) is 8.87. The van der Waals surface area contributed by atoms with Gasteiger partial charge in [-0.3, -0.25) is 4.79 Å². The summed E-state index contributed by atoms with van der Waals surface area (Å²) in [6, 6.07) is 0. The Balaban J connectivity index is 2.22. The molecule has 0 spiro atoms. The normalized spacial score (nSPS) is 12.4. The van der Waals surface area contributed by atoms with Crippen LogP contribution in [0.1, 0.15) is 24.8 Å². The van der Waals surface area contributed by atoms with E-state index in [-0.39, 0.29) is 11.8 Å². The van der Waals surface area contributed by atoms with Crippen LogP contribution in [0, 0.1) is 0 Å². The molecule has 0 saturated carbocycles. The van der Waals surface area contributed by atoms with Crippen LogP contribution < -0.4 is 10.6 Å². The van der Waals surface area contributed by atoms with Gasteiger partial charge in [-0.15, -0.1) is 11.3 Å². The Morgan fingerprint density at radius 3 is 3.07 bits per heavy atom. The highest BCUT2D eigenvalue weighted by molar-refractivity contribution is 7.09. The number of carbonyl (C=O) groups excluding carboxylic acids is 1. The van der Waals surface area contributed by atoms with Gasteiger partial charge >= 0.3 is 0 Å². The SMILES string of the molecule is CCNCC(=O)NCC(C)c1nccs1. The number of carbonyl (C=O) groups is 1. The Labute approximate surface area is 94.1 Å². The molecule has 84 valence electrons. The Hall–Kier alpha value is -0.940. The highest BCUT2D eigenvalue weighted by Gasteiger charge is 2.09. The summed E-state index contributed by atoms with van der Waals surface area (Å²) in [4.78, 5) is 15.5. The number of hydrogen-bond donors (Lipinski definition) is 2. The van der Waals surface area contributed by atoms with Crippen molar-refractivity contribution in [2.75, 3.05) is 19.6 Å². The van der Waals surface area contributed by atoms with Crippen molar-refractivity contribution in [3.63, 3.8) is 0 Å². The summed E-state index contributed by atoms with van der Waals surface area (Å²) in [5.74, 6) is 0.329. The van der Waals surface area contributed by atoms with Crippen LogP contribution in [0.15, 0.2) is 11.6 Å². The van der Waals surface area contributed by atoms with Crippen LogP contribution in [-0.4, -0.2) is 30.5 Å². The second-order valence-electron chi connectivity index (χ2n) is 3.36. The molecular weight excluding hydrogens is 210 g/mol. The van der Waals surface area contributed by atoms with Crippen LogP contribution in [0.2, 0.25) is 0 Å². The van der Waals surface area contributed by atoms with Crippen LogP contribution in [0.25, 0.3) is 0 Å². The topological polar surface area (TPSA) is 54.0 Å². The lowest BCUT2D eigenvalue weighted by Gasteiger charge is -2.10. The molecule has 0 saturated heterocycles. The zero-order chi connectivity index (χ0) is 11.1. The zero-order valence-corrected chi connectivity index (χ0v) is 9.93. The number of nitrogens with zero attached hydrogens (tertiary/aromatic N) is 1. The van der Waals surface area contributed by atoms with Gasteiger partial charge in [0.2, 0.25) is 5.91 Å². The minimum Gasteiger partial charge on any atom is -0.354 e. The first kappa shape index (κ1) is 12.1. The molecule has 1 aromatic rings. The van der Waals surface area contributed by atoms with Gasteiger partial charge in [0.1, 0.15) is 0 Å². The standard InChI is InChI=1S/C10H17N3OS/c1-3-11-7-9(14)13-6-8(2)10-12-4-5-15-10/h4-5,8,11H,3,6-7H2,1-2H3,(H,13,14). The van der Waals surface area contributed by atoms with Crippen molar-refractivity contribution in [1.82, 2.24) is 15.6 Å². The van der Waals surface area contributed by atoms with Gasteiger partial charge in [-0.25, -0.2) is 4.98 Å². The van der Waals surface area contributed by atoms with E-state index in [1.165, 1.54) is 0 Å². The van der Waals surface area contributed by atoms with Crippen molar-refractivity contribution in [1.29, 1.82) is 0 Å². The number of hydrogen-bond acceptors (Lipinski definition) is 4. The molecule has 1 amide bonds. The lowest BCUT2D eigenvalue weighted by atomic mass is 10.2. The van der Waals surface area contributed by atoms with Crippen molar-refractivity contribution in [3.05, 3.63) is 16.6 Å². The van der Waals surface area contributed by atoms with E-state index in [0.29, 0.717) is 13.1 Å². The number of likely N-dealkylation sites (N-methyl/N-ethyl adjacent to an activating group) is 1. The molecule has 1 unspecified atom stereocenters. The number of rotatable bonds is 6. The number of thiazole rings is 1. The molecule has 0 aliphatic heterocycles. The van der Waals surface area contributed by atoms with Gasteiger partial charge in [-0.2, -0.15) is 0 Å². The first-order chi connectivity index (χ1) is 7.24. The molecule has 15 heavy (non-hydrogen) atoms. The van der Waals surface area contributed by atoms with Crippen LogP contribution >= 0.6 is 11.3 Å². The van der Waals surface area contributed by atoms with E-state index in [4.69, 9.17) is 0 Å². The molecule has 0 aliphatic rings. The molecule has 4 nitrogen and oxygen atoms in total. The predicted molar refractivity (Wildman–Crippen MR) is 62.1 cm³/mol. The van der Waals surface area contributed by atoms with Crippen LogP contribution in [0.5, 0.6) is 0 Å². The molecule has 1 rings (SSSR count). The first-order valence-corrected chi connectivity index (χ1v) is 5.98. The highest BCUT2D eigenvalue weighted by Crippen LogP contribution is 2.15. The van der Waals surface area contributed by atoms with E-state index in [0.717, 1.165) is 11.6 Å². The van der Waals surface area contributed by atoms with Crippen molar-refractivity contribution >= 4 is 17.2 Å². The van der Waals surface area contributed by atoms with E-state index in [9.17, 15) is 4.79 Å². The molecule has 1 atom stereocenters. The summed E-state index contributed by atoms with van der Waals surface area (Å²) in [6.45, 7) is 5.89. The highest BCUT2D eigenvalue weighted by atomic mass is 32.1. The summed E-state index contributed by atoms with van der Waals surface area (Å²) in [5.41, 5.74) is 0. The van der Waals surface area contributed by atoms with Crippen molar-refractivity contribution in [2.45, 2.75) is 19.8 Å². The second-order valence-corrected chi connectivity index (χ2v) is 4.28. The van der Waals surface area contributed by atoms with Gasteiger partial charge < -0.3 is 10.6 Å². The maximum atomic E-state index is 11.3. The fraction of sp³-hybridized carbons (Fsp3) is 0.600. The smallest absolute Gasteiger partial charge is 0.233 e. The van der Waals surface area contributed by atoms with Crippen molar-refractivity contribution < 1.29 is 4.79 Å². The van der Waals surface area contributed by atoms with E-state index < -0.39 is 0 Å². The van der Waals surface area contributed by atoms with E-state index >= 15 is 0 Å². The number of nitrogens with one attached hydrogen (secondary N) is 2. The molecule has 5 heteroatoms. The third-order valence-corrected chi connectivity index (χ3v) is 3.02. The zero-order valence-electron chi connectivity index (χ0n) is 9.12. The first-order valence-electron chi connectivity index (χ1n) is 5.10. The number of aromatic nitrogens is 1. The Bertz CT molecular complexity index is 287. The van der Waals surface area contributed by atoms with Crippen molar-refractivity contribution in [2.24, 2.45) is 0 Å². The average molecular weight is 227 g/mol. The average Bonchev–Trinajstić information content (AvgIpc) is 2.76. The minimum absolute atomic E-state index is 0.0419. The molecule has 2 N–H and O–H groups in total. The quantitative estimate of drug-likeness (QED) is 0.761. The molecule has 0 radical (unpaired) electrons. The molecule has 0 bridgehead atoms. The molecule has 0 fully saturated rings. The maximum absolute atomic E-state index is 11.3. The van der Waals surface area contributed by atoms with Crippen LogP contribution in [0.3, 0.4) is 0 Å². The van der Waals surface area contributed by atoms with Gasteiger partial charge in [0.05, 0.1) is 11.6 Å². The number of amides is 1. The van der Waals surface area contributed by atoms with Gasteiger partial charge in [-0.1, -0.05) is 13.8 Å². The Morgan fingerprint density at radius 1 is 1.67 bits per heavy atom. The van der Waals surface area contributed by atoms with Gasteiger partial charge in [0.25, 0.3) is 0 Å². The fourth-order valence-electron chi connectivity index (χ4n) is 1.13. The van der Waals surface area contributed by atoms with E-state index in [1.807, 2.05) is 12.3 Å². The van der Waals surface area contributed by atoms with Gasteiger partial charge in [0.15, 0.2) is 0 Å². The summed E-state index contributed by atoms with van der Waals surface area (Å²) in [6.07, 6.45) is 1.79. The van der Waals surface area contributed by atoms with Crippen molar-refractivity contribution in [3.8, 4) is 0 Å². The molecule has 0 aliphatic carbocycles. The van der Waals surface area contributed by atoms with Crippen LogP contribution in [0.4, 0.5) is 0 Å². The maximum Gasteiger partial charge on any atom is 0.233 e. The summed E-state index contributed by atoms with van der Waals surface area (Å²) < 4.78 is 0. The molecular formula is C10H17N3OS. The van der Waals surface area contributed by atoms with E-state index in [1.54, 1.807) is 17.5 Å². The van der Waals surface area contributed by atoms with E-state index in [2.05, 4.69) is 22.5 Å². The predicted octanol–water partition coefficient (Wildman–Crippen LogP) is 0.972. The van der Waals surface area contributed by atoms with Gasteiger partial charge in [-0.05, 0) is 6.54 Å². The lowest BCUT2D eigenvalue weighted by Crippen LogP contribution is -2.35. The minimum atomic E-state index is 0.0419. The monoisotopic (exact) mass is 227 g/mol. The third-order valence-electron chi connectivity index (χ3n) is 2.01. The lowest BCUT2D eigenvalue weighted by molar-refractivity contribution is -0.120. The largest absolute Gasteiger partial charge is 0.354 e. The molecule has 0 aromatic carbocycles. The van der Waals surface area contributed by atoms with Gasteiger partial charge in [0, 0.05) is 24.0 Å². The fourth-order valence-corrected chi connectivity index (χ4v) is 1.83. The second kappa shape index (κ2) is 6.53. The third kappa shape index (κ3) is 4.40. The summed E-state index contributed by atoms with van der Waals surface area (Å²) in [7, 11) is 0. The molecule has 1 heterocycles. The Morgan fingerprint density at radius 2 is 2.47 bits per heavy atom. The summed E-state index contributed by atoms with van der Waals surface area (Å²) >= 11 is 1.62. The Kier molecular flexibility index (Phi) is 5.28. The van der Waals surface area contributed by atoms with Crippen LogP contribution in [-0.2, 0) is 4.79 Å². The molecule has 1 aromatic heterocycles.